The molecule has 0 bridgehead atoms. The fraction of sp³-hybridized carbons (Fsp3) is 0.400. The van der Waals surface area contributed by atoms with Gasteiger partial charge >= 0.3 is 0 Å². The Kier molecular flexibility index (Phi) is 9.29. The first kappa shape index (κ1) is 14.6. The van der Waals surface area contributed by atoms with Crippen molar-refractivity contribution in [3.8, 4) is 0 Å². The van der Waals surface area contributed by atoms with Crippen LogP contribution in [-0.2, 0) is 0 Å². The molecular weight excluding hydrogens is 194 g/mol. The van der Waals surface area contributed by atoms with E-state index < -0.39 is 0 Å². The van der Waals surface area contributed by atoms with Crippen molar-refractivity contribution < 1.29 is 0 Å². The molecule has 1 unspecified atom stereocenters. The van der Waals surface area contributed by atoms with Crippen LogP contribution in [0.2, 0.25) is 0 Å². The summed E-state index contributed by atoms with van der Waals surface area (Å²) in [4.78, 5) is 4.40. The van der Waals surface area contributed by atoms with Crippen molar-refractivity contribution in [2.45, 2.75) is 26.7 Å². The average molecular weight is 217 g/mol. The molecule has 0 saturated carbocycles. The molecule has 1 atom stereocenters. The molecule has 0 aliphatic rings. The van der Waals surface area contributed by atoms with Crippen molar-refractivity contribution in [2.75, 3.05) is 6.54 Å². The van der Waals surface area contributed by atoms with E-state index in [4.69, 9.17) is 0 Å². The van der Waals surface area contributed by atoms with Crippen molar-refractivity contribution in [1.82, 2.24) is 0 Å². The monoisotopic (exact) mass is 217 g/mol. The van der Waals surface area contributed by atoms with Gasteiger partial charge in [0, 0.05) is 12.8 Å². The Balaban J connectivity index is 4.03. The molecule has 0 aromatic heterocycles. The highest BCUT2D eigenvalue weighted by atomic mass is 14.7. The lowest BCUT2D eigenvalue weighted by atomic mass is 10.0. The van der Waals surface area contributed by atoms with Gasteiger partial charge in [-0.05, 0) is 31.3 Å². The maximum absolute atomic E-state index is 4.40. The van der Waals surface area contributed by atoms with E-state index in [-0.39, 0.29) is 0 Å². The Bertz CT molecular complexity index is 282. The summed E-state index contributed by atoms with van der Waals surface area (Å²) in [7, 11) is 0. The fourth-order valence-corrected chi connectivity index (χ4v) is 1.29. The predicted molar refractivity (Wildman–Crippen MR) is 75.0 cm³/mol. The lowest BCUT2D eigenvalue weighted by Crippen LogP contribution is -1.96. The van der Waals surface area contributed by atoms with Crippen molar-refractivity contribution in [1.29, 1.82) is 0 Å². The Hall–Kier alpha value is -1.37. The van der Waals surface area contributed by atoms with Gasteiger partial charge < -0.3 is 0 Å². The standard InChI is InChI=1S/C15H23N/c1-5-9-10-15(8-4)13-16-12-11-14(6-2)7-3/h5-6,8-10,13-14H,1-2,7,11-12H2,3-4H3/b10-9-,15-8+,16-13+. The normalized spacial score (nSPS) is 14.5. The molecule has 1 heteroatoms. The minimum Gasteiger partial charge on any atom is -0.293 e. The highest BCUT2D eigenvalue weighted by Crippen LogP contribution is 2.08. The van der Waals surface area contributed by atoms with Crippen LogP contribution in [0.25, 0.3) is 0 Å². The number of rotatable bonds is 8. The predicted octanol–water partition coefficient (Wildman–Crippen LogP) is 4.35. The summed E-state index contributed by atoms with van der Waals surface area (Å²) >= 11 is 0. The molecule has 0 N–H and O–H groups in total. The van der Waals surface area contributed by atoms with E-state index in [1.165, 1.54) is 0 Å². The minimum absolute atomic E-state index is 0.593. The van der Waals surface area contributed by atoms with Crippen molar-refractivity contribution in [2.24, 2.45) is 10.9 Å². The summed E-state index contributed by atoms with van der Waals surface area (Å²) in [6, 6.07) is 0. The maximum atomic E-state index is 4.40. The van der Waals surface area contributed by atoms with Crippen molar-refractivity contribution in [3.05, 3.63) is 49.1 Å². The number of hydrogen-bond donors (Lipinski definition) is 0. The Morgan fingerprint density at radius 2 is 2.12 bits per heavy atom. The van der Waals surface area contributed by atoms with Gasteiger partial charge in [0.2, 0.25) is 0 Å². The molecule has 0 rings (SSSR count). The zero-order chi connectivity index (χ0) is 12.2. The van der Waals surface area contributed by atoms with E-state index in [0.29, 0.717) is 5.92 Å². The van der Waals surface area contributed by atoms with E-state index in [1.54, 1.807) is 6.08 Å². The second kappa shape index (κ2) is 10.2. The van der Waals surface area contributed by atoms with E-state index in [0.717, 1.165) is 25.0 Å². The third kappa shape index (κ3) is 6.99. The molecule has 0 aliphatic carbocycles. The van der Waals surface area contributed by atoms with E-state index in [2.05, 4.69) is 25.1 Å². The zero-order valence-corrected chi connectivity index (χ0v) is 10.5. The highest BCUT2D eigenvalue weighted by Gasteiger charge is 1.98. The Morgan fingerprint density at radius 1 is 1.38 bits per heavy atom. The van der Waals surface area contributed by atoms with Gasteiger partial charge in [0.25, 0.3) is 0 Å². The number of allylic oxidation sites excluding steroid dienone is 6. The molecule has 0 amide bonds. The molecule has 0 fully saturated rings. The largest absolute Gasteiger partial charge is 0.293 e. The second-order valence-corrected chi connectivity index (χ2v) is 3.61. The van der Waals surface area contributed by atoms with Crippen LogP contribution in [0.15, 0.2) is 54.1 Å². The van der Waals surface area contributed by atoms with E-state index in [9.17, 15) is 0 Å². The van der Waals surface area contributed by atoms with Gasteiger partial charge in [-0.15, -0.1) is 6.58 Å². The van der Waals surface area contributed by atoms with Crippen LogP contribution >= 0.6 is 0 Å². The third-order valence-electron chi connectivity index (χ3n) is 2.49. The number of aliphatic imine (C=N–C) groups is 1. The molecule has 0 aromatic rings. The summed E-state index contributed by atoms with van der Waals surface area (Å²) in [5, 5.41) is 0. The molecule has 88 valence electrons. The molecule has 0 radical (unpaired) electrons. The van der Waals surface area contributed by atoms with Crippen LogP contribution < -0.4 is 0 Å². The van der Waals surface area contributed by atoms with E-state index in [1.807, 2.05) is 37.4 Å². The zero-order valence-electron chi connectivity index (χ0n) is 10.5. The van der Waals surface area contributed by atoms with Gasteiger partial charge in [0.15, 0.2) is 0 Å². The summed E-state index contributed by atoms with van der Waals surface area (Å²) in [5.41, 5.74) is 1.12. The van der Waals surface area contributed by atoms with E-state index >= 15 is 0 Å². The minimum atomic E-state index is 0.593. The summed E-state index contributed by atoms with van der Waals surface area (Å²) in [6.07, 6.45) is 13.9. The first-order valence-electron chi connectivity index (χ1n) is 5.86. The summed E-state index contributed by atoms with van der Waals surface area (Å²) in [5.74, 6) is 0.593. The molecule has 1 nitrogen and oxygen atoms in total. The van der Waals surface area contributed by atoms with Crippen molar-refractivity contribution in [3.63, 3.8) is 0 Å². The van der Waals surface area contributed by atoms with Crippen LogP contribution in [0.5, 0.6) is 0 Å². The average Bonchev–Trinajstić information content (AvgIpc) is 2.33. The van der Waals surface area contributed by atoms with Crippen LogP contribution in [0, 0.1) is 5.92 Å². The van der Waals surface area contributed by atoms with Crippen LogP contribution in [0.3, 0.4) is 0 Å². The van der Waals surface area contributed by atoms with Gasteiger partial charge in [0.05, 0.1) is 0 Å². The van der Waals surface area contributed by atoms with Gasteiger partial charge in [-0.2, -0.15) is 0 Å². The van der Waals surface area contributed by atoms with Gasteiger partial charge in [-0.3, -0.25) is 4.99 Å². The molecule has 0 saturated heterocycles. The van der Waals surface area contributed by atoms with Crippen LogP contribution in [0.1, 0.15) is 26.7 Å². The fourth-order valence-electron chi connectivity index (χ4n) is 1.29. The lowest BCUT2D eigenvalue weighted by molar-refractivity contribution is 0.583. The van der Waals surface area contributed by atoms with Crippen LogP contribution in [0.4, 0.5) is 0 Å². The Morgan fingerprint density at radius 3 is 2.62 bits per heavy atom. The molecule has 0 heterocycles. The van der Waals surface area contributed by atoms with Gasteiger partial charge in [0.1, 0.15) is 0 Å². The molecule has 16 heavy (non-hydrogen) atoms. The molecule has 0 spiro atoms. The SMILES string of the molecule is C=C\C=C/C(/C=N/CCC(C=C)CC)=C\C. The first-order valence-corrected chi connectivity index (χ1v) is 5.86. The van der Waals surface area contributed by atoms with Crippen molar-refractivity contribution >= 4 is 6.21 Å². The smallest absolute Gasteiger partial charge is 0.0395 e. The number of nitrogens with zero attached hydrogens (tertiary/aromatic N) is 1. The van der Waals surface area contributed by atoms with Gasteiger partial charge in [-0.25, -0.2) is 0 Å². The Labute approximate surface area is 100.0 Å². The molecule has 0 aliphatic heterocycles. The third-order valence-corrected chi connectivity index (χ3v) is 2.49. The number of hydrogen-bond acceptors (Lipinski definition) is 1. The molecular formula is C15H23N. The second-order valence-electron chi connectivity index (χ2n) is 3.61. The quantitative estimate of drug-likeness (QED) is 0.326. The van der Waals surface area contributed by atoms with Gasteiger partial charge in [-0.1, -0.05) is 43.9 Å². The maximum Gasteiger partial charge on any atom is 0.0395 e. The summed E-state index contributed by atoms with van der Waals surface area (Å²) < 4.78 is 0. The highest BCUT2D eigenvalue weighted by molar-refractivity contribution is 5.82. The summed E-state index contributed by atoms with van der Waals surface area (Å²) in [6.45, 7) is 12.5. The topological polar surface area (TPSA) is 12.4 Å². The lowest BCUT2D eigenvalue weighted by Gasteiger charge is -2.05. The molecule has 0 aromatic carbocycles. The first-order chi connectivity index (χ1) is 7.78. The van der Waals surface area contributed by atoms with Crippen LogP contribution in [-0.4, -0.2) is 12.8 Å².